The van der Waals surface area contributed by atoms with Crippen molar-refractivity contribution >= 4 is 23.7 Å². The van der Waals surface area contributed by atoms with Gasteiger partial charge in [0, 0.05) is 5.56 Å². The molecular formula is C22H19ClN2O4. The summed E-state index contributed by atoms with van der Waals surface area (Å²) in [4.78, 5) is 12.1. The minimum absolute atomic E-state index is 0.123. The van der Waals surface area contributed by atoms with Crippen molar-refractivity contribution in [2.45, 2.75) is 0 Å². The highest BCUT2D eigenvalue weighted by atomic mass is 35.5. The molecule has 0 atom stereocenters. The van der Waals surface area contributed by atoms with Crippen LogP contribution < -0.4 is 14.9 Å². The number of nitrogens with zero attached hydrogens (tertiary/aromatic N) is 1. The maximum atomic E-state index is 12.1. The predicted molar refractivity (Wildman–Crippen MR) is 113 cm³/mol. The summed E-state index contributed by atoms with van der Waals surface area (Å²) in [5, 5.41) is 13.7. The molecule has 0 aliphatic heterocycles. The van der Waals surface area contributed by atoms with Crippen molar-refractivity contribution in [1.29, 1.82) is 0 Å². The number of hydrazone groups is 1. The fourth-order valence-corrected chi connectivity index (χ4v) is 2.85. The van der Waals surface area contributed by atoms with E-state index in [1.807, 2.05) is 54.6 Å². The molecule has 0 spiro atoms. The van der Waals surface area contributed by atoms with Crippen molar-refractivity contribution in [3.8, 4) is 28.4 Å². The largest absolute Gasteiger partial charge is 0.503 e. The van der Waals surface area contributed by atoms with Crippen LogP contribution in [0.4, 0.5) is 0 Å². The number of benzene rings is 3. The summed E-state index contributed by atoms with van der Waals surface area (Å²) in [6.07, 6.45) is 1.39. The lowest BCUT2D eigenvalue weighted by Crippen LogP contribution is -2.24. The lowest BCUT2D eigenvalue weighted by Gasteiger charge is -2.11. The molecule has 0 radical (unpaired) electrons. The molecule has 29 heavy (non-hydrogen) atoms. The average molecular weight is 411 g/mol. The first kappa shape index (κ1) is 20.2. The Balaban J connectivity index is 1.60. The molecule has 0 aliphatic rings. The molecule has 0 fully saturated rings. The Hall–Kier alpha value is -3.51. The summed E-state index contributed by atoms with van der Waals surface area (Å²) >= 11 is 5.92. The summed E-state index contributed by atoms with van der Waals surface area (Å²) in [6, 6.07) is 20.3. The predicted octanol–water partition coefficient (Wildman–Crippen LogP) is 4.25. The Labute approximate surface area is 173 Å². The van der Waals surface area contributed by atoms with Crippen LogP contribution in [0.5, 0.6) is 17.2 Å². The second kappa shape index (κ2) is 9.61. The highest BCUT2D eigenvalue weighted by Gasteiger charge is 2.09. The number of hydrogen-bond acceptors (Lipinski definition) is 5. The van der Waals surface area contributed by atoms with Crippen molar-refractivity contribution < 1.29 is 19.4 Å². The van der Waals surface area contributed by atoms with E-state index in [0.29, 0.717) is 11.3 Å². The number of carbonyl (C=O) groups is 1. The Morgan fingerprint density at radius 1 is 1.10 bits per heavy atom. The normalized spacial score (nSPS) is 10.7. The first-order valence-corrected chi connectivity index (χ1v) is 9.12. The zero-order valence-electron chi connectivity index (χ0n) is 15.6. The van der Waals surface area contributed by atoms with E-state index < -0.39 is 5.91 Å². The van der Waals surface area contributed by atoms with E-state index in [4.69, 9.17) is 21.1 Å². The average Bonchev–Trinajstić information content (AvgIpc) is 2.75. The number of para-hydroxylation sites is 1. The first-order chi connectivity index (χ1) is 14.1. The van der Waals surface area contributed by atoms with Gasteiger partial charge in [-0.1, -0.05) is 60.1 Å². The Bertz CT molecular complexity index is 1020. The van der Waals surface area contributed by atoms with Crippen LogP contribution in [0.3, 0.4) is 0 Å². The van der Waals surface area contributed by atoms with Gasteiger partial charge >= 0.3 is 0 Å². The third kappa shape index (κ3) is 5.27. The van der Waals surface area contributed by atoms with E-state index in [1.165, 1.54) is 19.4 Å². The molecule has 2 N–H and O–H groups in total. The Morgan fingerprint density at radius 2 is 1.83 bits per heavy atom. The summed E-state index contributed by atoms with van der Waals surface area (Å²) in [5.74, 6) is 0.251. The second-order valence-electron chi connectivity index (χ2n) is 6.00. The number of nitrogens with one attached hydrogen (secondary N) is 1. The molecule has 0 bridgehead atoms. The highest BCUT2D eigenvalue weighted by Crippen LogP contribution is 2.34. The van der Waals surface area contributed by atoms with E-state index in [2.05, 4.69) is 10.5 Å². The monoisotopic (exact) mass is 410 g/mol. The third-order valence-corrected chi connectivity index (χ3v) is 4.29. The lowest BCUT2D eigenvalue weighted by molar-refractivity contribution is -0.123. The number of phenolic OH excluding ortho intramolecular Hbond substituents is 1. The van der Waals surface area contributed by atoms with Crippen molar-refractivity contribution in [1.82, 2.24) is 5.43 Å². The first-order valence-electron chi connectivity index (χ1n) is 8.74. The second-order valence-corrected chi connectivity index (χ2v) is 6.40. The van der Waals surface area contributed by atoms with Gasteiger partial charge in [0.1, 0.15) is 5.75 Å². The fourth-order valence-electron chi connectivity index (χ4n) is 2.63. The summed E-state index contributed by atoms with van der Waals surface area (Å²) in [6.45, 7) is -0.194. The zero-order chi connectivity index (χ0) is 20.6. The smallest absolute Gasteiger partial charge is 0.277 e. The van der Waals surface area contributed by atoms with E-state index in [-0.39, 0.29) is 23.1 Å². The molecule has 7 heteroatoms. The zero-order valence-corrected chi connectivity index (χ0v) is 16.4. The molecule has 3 aromatic carbocycles. The van der Waals surface area contributed by atoms with E-state index >= 15 is 0 Å². The standard InChI is InChI=1S/C22H19ClN2O4/c1-28-20-12-15(11-18(23)22(20)27)13-24-25-21(26)14-29-19-10-6-5-9-17(19)16-7-3-2-4-8-16/h2-13,27H,14H2,1H3,(H,25,26)/b24-13+. The minimum Gasteiger partial charge on any atom is -0.503 e. The van der Waals surface area contributed by atoms with Crippen LogP contribution in [0.25, 0.3) is 11.1 Å². The number of methoxy groups -OCH3 is 1. The number of ether oxygens (including phenoxy) is 2. The van der Waals surface area contributed by atoms with Crippen LogP contribution in [-0.2, 0) is 4.79 Å². The van der Waals surface area contributed by atoms with Gasteiger partial charge in [-0.2, -0.15) is 5.10 Å². The van der Waals surface area contributed by atoms with Crippen molar-refractivity contribution in [2.75, 3.05) is 13.7 Å². The Kier molecular flexibility index (Phi) is 6.71. The van der Waals surface area contributed by atoms with Crippen LogP contribution in [0.15, 0.2) is 71.8 Å². The van der Waals surface area contributed by atoms with Gasteiger partial charge < -0.3 is 14.6 Å². The molecule has 0 saturated carbocycles. The molecule has 1 amide bonds. The number of phenols is 1. The minimum atomic E-state index is -0.416. The van der Waals surface area contributed by atoms with Gasteiger partial charge in [0.15, 0.2) is 18.1 Å². The van der Waals surface area contributed by atoms with Crippen LogP contribution in [0, 0.1) is 0 Å². The van der Waals surface area contributed by atoms with Crippen molar-refractivity contribution in [3.05, 3.63) is 77.3 Å². The number of aromatic hydroxyl groups is 1. The highest BCUT2D eigenvalue weighted by molar-refractivity contribution is 6.32. The molecular weight excluding hydrogens is 392 g/mol. The van der Waals surface area contributed by atoms with Gasteiger partial charge in [0.25, 0.3) is 5.91 Å². The van der Waals surface area contributed by atoms with Crippen LogP contribution >= 0.6 is 11.6 Å². The van der Waals surface area contributed by atoms with Crippen molar-refractivity contribution in [2.24, 2.45) is 5.10 Å². The number of rotatable bonds is 7. The van der Waals surface area contributed by atoms with E-state index in [9.17, 15) is 9.90 Å². The number of carbonyl (C=O) groups excluding carboxylic acids is 1. The van der Waals surface area contributed by atoms with Gasteiger partial charge in [0.2, 0.25) is 0 Å². The molecule has 6 nitrogen and oxygen atoms in total. The molecule has 0 unspecified atom stereocenters. The molecule has 0 heterocycles. The fraction of sp³-hybridized carbons (Fsp3) is 0.0909. The van der Waals surface area contributed by atoms with Gasteiger partial charge in [0.05, 0.1) is 18.3 Å². The number of halogens is 1. The third-order valence-electron chi connectivity index (χ3n) is 4.00. The van der Waals surface area contributed by atoms with Crippen molar-refractivity contribution in [3.63, 3.8) is 0 Å². The summed E-state index contributed by atoms with van der Waals surface area (Å²) in [5.41, 5.74) is 4.85. The van der Waals surface area contributed by atoms with Crippen LogP contribution in [0.2, 0.25) is 5.02 Å². The maximum Gasteiger partial charge on any atom is 0.277 e. The lowest BCUT2D eigenvalue weighted by atomic mass is 10.1. The summed E-state index contributed by atoms with van der Waals surface area (Å²) in [7, 11) is 1.42. The number of amides is 1. The maximum absolute atomic E-state index is 12.1. The molecule has 0 saturated heterocycles. The molecule has 148 valence electrons. The topological polar surface area (TPSA) is 80.2 Å². The molecule has 3 rings (SSSR count). The van der Waals surface area contributed by atoms with Crippen LogP contribution in [0.1, 0.15) is 5.56 Å². The van der Waals surface area contributed by atoms with Gasteiger partial charge in [-0.15, -0.1) is 0 Å². The number of hydrogen-bond donors (Lipinski definition) is 2. The summed E-state index contributed by atoms with van der Waals surface area (Å²) < 4.78 is 10.7. The van der Waals surface area contributed by atoms with Gasteiger partial charge in [-0.3, -0.25) is 4.79 Å². The SMILES string of the molecule is COc1cc(/C=N/NC(=O)COc2ccccc2-c2ccccc2)cc(Cl)c1O. The van der Waals surface area contributed by atoms with Crippen LogP contribution in [-0.4, -0.2) is 30.9 Å². The molecule has 0 aliphatic carbocycles. The molecule has 0 aromatic heterocycles. The van der Waals surface area contributed by atoms with E-state index in [1.54, 1.807) is 6.07 Å². The molecule has 3 aromatic rings. The Morgan fingerprint density at radius 3 is 2.59 bits per heavy atom. The quantitative estimate of drug-likeness (QED) is 0.450. The van der Waals surface area contributed by atoms with E-state index in [0.717, 1.165) is 11.1 Å². The van der Waals surface area contributed by atoms with Gasteiger partial charge in [-0.05, 0) is 29.3 Å². The van der Waals surface area contributed by atoms with Gasteiger partial charge in [-0.25, -0.2) is 5.43 Å².